The number of nitrogens with zero attached hydrogens (tertiary/aromatic N) is 2. The fraction of sp³-hybridized carbons (Fsp3) is 0.318. The number of carbonyl (C=O) groups excluding carboxylic acids is 3. The van der Waals surface area contributed by atoms with Gasteiger partial charge in [0.2, 0.25) is 5.91 Å². The first-order valence-corrected chi connectivity index (χ1v) is 9.90. The van der Waals surface area contributed by atoms with E-state index in [0.717, 1.165) is 22.6 Å². The Balaban J connectivity index is 1.37. The summed E-state index contributed by atoms with van der Waals surface area (Å²) in [5, 5.41) is 2.74. The number of carbonyl (C=O) groups is 3. The molecule has 0 saturated carbocycles. The molecule has 30 heavy (non-hydrogen) atoms. The highest BCUT2D eigenvalue weighted by atomic mass is 16.6. The smallest absolute Gasteiger partial charge is 0.325 e. The number of fused-ring (bicyclic) bond motifs is 2. The van der Waals surface area contributed by atoms with E-state index in [0.29, 0.717) is 36.8 Å². The highest BCUT2D eigenvalue weighted by Crippen LogP contribution is 2.37. The highest BCUT2D eigenvalue weighted by molar-refractivity contribution is 6.10. The molecule has 1 unspecified atom stereocenters. The van der Waals surface area contributed by atoms with Crippen LogP contribution in [0.3, 0.4) is 0 Å². The van der Waals surface area contributed by atoms with Crippen molar-refractivity contribution in [3.05, 3.63) is 53.6 Å². The van der Waals surface area contributed by atoms with Crippen LogP contribution in [0.2, 0.25) is 0 Å². The van der Waals surface area contributed by atoms with Crippen LogP contribution in [0, 0.1) is 0 Å². The normalized spacial score (nSPS) is 22.2. The first-order chi connectivity index (χ1) is 14.5. The number of benzene rings is 2. The summed E-state index contributed by atoms with van der Waals surface area (Å²) in [5.74, 6) is 0.384. The molecular formula is C22H21N3O5. The van der Waals surface area contributed by atoms with Crippen molar-refractivity contribution in [1.29, 1.82) is 0 Å². The summed E-state index contributed by atoms with van der Waals surface area (Å²) in [5.41, 5.74) is 1.22. The molecule has 0 aliphatic carbocycles. The summed E-state index contributed by atoms with van der Waals surface area (Å²) < 4.78 is 11.1. The average molecular weight is 407 g/mol. The topological polar surface area (TPSA) is 88.2 Å². The molecule has 1 atom stereocenters. The zero-order valence-corrected chi connectivity index (χ0v) is 16.5. The van der Waals surface area contributed by atoms with Crippen LogP contribution in [0.15, 0.2) is 42.5 Å². The van der Waals surface area contributed by atoms with E-state index in [-0.39, 0.29) is 12.5 Å². The molecule has 1 fully saturated rings. The number of imide groups is 1. The maximum atomic E-state index is 13.2. The molecule has 1 N–H and O–H groups in total. The van der Waals surface area contributed by atoms with E-state index in [1.165, 1.54) is 0 Å². The summed E-state index contributed by atoms with van der Waals surface area (Å²) in [6.07, 6.45) is 0.761. The molecule has 3 heterocycles. The minimum Gasteiger partial charge on any atom is -0.486 e. The van der Waals surface area contributed by atoms with Crippen LogP contribution in [0.25, 0.3) is 0 Å². The zero-order chi connectivity index (χ0) is 20.9. The Hall–Kier alpha value is -3.55. The van der Waals surface area contributed by atoms with Gasteiger partial charge in [0.15, 0.2) is 11.5 Å². The van der Waals surface area contributed by atoms with Crippen molar-refractivity contribution >= 4 is 23.5 Å². The number of ether oxygens (including phenoxy) is 2. The van der Waals surface area contributed by atoms with Gasteiger partial charge in [0.05, 0.1) is 0 Å². The number of rotatable bonds is 3. The molecule has 0 spiro atoms. The lowest BCUT2D eigenvalue weighted by atomic mass is 9.91. The Morgan fingerprint density at radius 1 is 1.10 bits per heavy atom. The minimum atomic E-state index is -1.28. The number of urea groups is 1. The Kier molecular flexibility index (Phi) is 4.16. The van der Waals surface area contributed by atoms with Crippen molar-refractivity contribution in [1.82, 2.24) is 10.2 Å². The molecule has 8 nitrogen and oxygen atoms in total. The molecule has 4 amide bonds. The van der Waals surface area contributed by atoms with Crippen molar-refractivity contribution in [2.75, 3.05) is 31.2 Å². The van der Waals surface area contributed by atoms with Crippen LogP contribution in [0.1, 0.15) is 18.1 Å². The second-order valence-corrected chi connectivity index (χ2v) is 7.73. The maximum absolute atomic E-state index is 13.2. The van der Waals surface area contributed by atoms with Crippen LogP contribution in [0.5, 0.6) is 11.5 Å². The maximum Gasteiger partial charge on any atom is 0.325 e. The van der Waals surface area contributed by atoms with Gasteiger partial charge in [0.25, 0.3) is 5.91 Å². The Labute approximate surface area is 173 Å². The standard InChI is InChI=1S/C22H21N3O5/c1-22(15-6-7-17-18(12-15)30-11-10-29-17)20(27)25(21(28)23-22)13-19(26)24-9-8-14-4-2-3-5-16(14)24/h2-7,12H,8-11,13H2,1H3,(H,23,28). The van der Waals surface area contributed by atoms with Gasteiger partial charge in [-0.1, -0.05) is 24.3 Å². The second-order valence-electron chi connectivity index (χ2n) is 7.73. The molecule has 154 valence electrons. The SMILES string of the molecule is CC1(c2ccc3c(c2)OCCO3)NC(=O)N(CC(=O)N2CCc3ccccc32)C1=O. The minimum absolute atomic E-state index is 0.283. The number of anilines is 1. The lowest BCUT2D eigenvalue weighted by Gasteiger charge is -2.25. The molecule has 2 aromatic rings. The van der Waals surface area contributed by atoms with Crippen molar-refractivity contribution in [3.8, 4) is 11.5 Å². The Morgan fingerprint density at radius 2 is 1.87 bits per heavy atom. The quantitative estimate of drug-likeness (QED) is 0.784. The van der Waals surface area contributed by atoms with Gasteiger partial charge in [-0.3, -0.25) is 14.5 Å². The number of hydrogen-bond donors (Lipinski definition) is 1. The van der Waals surface area contributed by atoms with Gasteiger partial charge in [-0.2, -0.15) is 0 Å². The number of para-hydroxylation sites is 1. The van der Waals surface area contributed by atoms with Gasteiger partial charge < -0.3 is 19.7 Å². The fourth-order valence-corrected chi connectivity index (χ4v) is 4.21. The molecule has 0 radical (unpaired) electrons. The zero-order valence-electron chi connectivity index (χ0n) is 16.5. The van der Waals surface area contributed by atoms with E-state index in [4.69, 9.17) is 9.47 Å². The monoisotopic (exact) mass is 407 g/mol. The highest BCUT2D eigenvalue weighted by Gasteiger charge is 2.50. The first kappa shape index (κ1) is 18.5. The molecule has 2 aromatic carbocycles. The van der Waals surface area contributed by atoms with Crippen LogP contribution < -0.4 is 19.7 Å². The molecular weight excluding hydrogens is 386 g/mol. The first-order valence-electron chi connectivity index (χ1n) is 9.90. The van der Waals surface area contributed by atoms with Crippen LogP contribution in [0.4, 0.5) is 10.5 Å². The van der Waals surface area contributed by atoms with Crippen molar-refractivity contribution in [2.24, 2.45) is 0 Å². The third-order valence-electron chi connectivity index (χ3n) is 5.88. The van der Waals surface area contributed by atoms with Gasteiger partial charge in [-0.15, -0.1) is 0 Å². The number of nitrogens with one attached hydrogen (secondary N) is 1. The van der Waals surface area contributed by atoms with E-state index in [2.05, 4.69) is 5.32 Å². The number of hydrogen-bond acceptors (Lipinski definition) is 5. The van der Waals surface area contributed by atoms with Crippen molar-refractivity contribution in [2.45, 2.75) is 18.9 Å². The molecule has 5 rings (SSSR count). The van der Waals surface area contributed by atoms with E-state index < -0.39 is 17.5 Å². The predicted octanol–water partition coefficient (Wildman–Crippen LogP) is 1.81. The van der Waals surface area contributed by atoms with Crippen molar-refractivity contribution < 1.29 is 23.9 Å². The third-order valence-corrected chi connectivity index (χ3v) is 5.88. The van der Waals surface area contributed by atoms with E-state index in [1.54, 1.807) is 30.0 Å². The summed E-state index contributed by atoms with van der Waals surface area (Å²) in [4.78, 5) is 41.4. The molecule has 0 bridgehead atoms. The van der Waals surface area contributed by atoms with E-state index in [1.807, 2.05) is 24.3 Å². The largest absolute Gasteiger partial charge is 0.486 e. The predicted molar refractivity (Wildman–Crippen MR) is 108 cm³/mol. The van der Waals surface area contributed by atoms with Gasteiger partial charge in [-0.05, 0) is 42.7 Å². The molecule has 1 saturated heterocycles. The second kappa shape index (κ2) is 6.76. The van der Waals surface area contributed by atoms with Crippen LogP contribution >= 0.6 is 0 Å². The van der Waals surface area contributed by atoms with Gasteiger partial charge in [-0.25, -0.2) is 4.79 Å². The molecule has 0 aromatic heterocycles. The average Bonchev–Trinajstić information content (AvgIpc) is 3.28. The fourth-order valence-electron chi connectivity index (χ4n) is 4.21. The summed E-state index contributed by atoms with van der Waals surface area (Å²) in [7, 11) is 0. The van der Waals surface area contributed by atoms with Crippen molar-refractivity contribution in [3.63, 3.8) is 0 Å². The molecule has 3 aliphatic rings. The molecule has 3 aliphatic heterocycles. The van der Waals surface area contributed by atoms with Gasteiger partial charge >= 0.3 is 6.03 Å². The third kappa shape index (κ3) is 2.79. The lowest BCUT2D eigenvalue weighted by Crippen LogP contribution is -2.44. The summed E-state index contributed by atoms with van der Waals surface area (Å²) in [6, 6.07) is 12.2. The van der Waals surface area contributed by atoms with E-state index >= 15 is 0 Å². The summed E-state index contributed by atoms with van der Waals surface area (Å²) >= 11 is 0. The van der Waals surface area contributed by atoms with Crippen LogP contribution in [-0.4, -0.2) is 49.0 Å². The summed E-state index contributed by atoms with van der Waals surface area (Å²) in [6.45, 7) is 2.76. The van der Waals surface area contributed by atoms with E-state index in [9.17, 15) is 14.4 Å². The Bertz CT molecular complexity index is 1070. The van der Waals surface area contributed by atoms with Crippen LogP contribution in [-0.2, 0) is 21.5 Å². The molecule has 8 heteroatoms. The lowest BCUT2D eigenvalue weighted by molar-refractivity contribution is -0.134. The van der Waals surface area contributed by atoms with Gasteiger partial charge in [0.1, 0.15) is 25.3 Å². The van der Waals surface area contributed by atoms with Gasteiger partial charge in [0, 0.05) is 12.2 Å². The number of amides is 4. The Morgan fingerprint density at radius 3 is 2.70 bits per heavy atom.